The van der Waals surface area contributed by atoms with E-state index in [2.05, 4.69) is 19.7 Å². The summed E-state index contributed by atoms with van der Waals surface area (Å²) < 4.78 is 15.0. The van der Waals surface area contributed by atoms with Crippen molar-refractivity contribution in [2.45, 2.75) is 4.90 Å². The number of aromatic nitrogens is 3. The maximum absolute atomic E-state index is 12.2. The smallest absolute Gasteiger partial charge is 0.151 e. The van der Waals surface area contributed by atoms with Crippen LogP contribution in [0.15, 0.2) is 53.9 Å². The van der Waals surface area contributed by atoms with E-state index in [1.165, 1.54) is 6.33 Å². The van der Waals surface area contributed by atoms with Crippen LogP contribution in [0.2, 0.25) is 5.15 Å². The highest BCUT2D eigenvalue weighted by atomic mass is 35.5. The van der Waals surface area contributed by atoms with Crippen molar-refractivity contribution in [2.24, 2.45) is 0 Å². The van der Waals surface area contributed by atoms with E-state index in [0.29, 0.717) is 15.9 Å². The van der Waals surface area contributed by atoms with Crippen LogP contribution in [-0.4, -0.2) is 19.2 Å². The van der Waals surface area contributed by atoms with Gasteiger partial charge >= 0.3 is 0 Å². The topological polar surface area (TPSA) is 67.8 Å². The predicted molar refractivity (Wildman–Crippen MR) is 78.8 cm³/mol. The Morgan fingerprint density at radius 2 is 2.00 bits per heavy atom. The van der Waals surface area contributed by atoms with Crippen molar-refractivity contribution in [1.29, 1.82) is 0 Å². The Labute approximate surface area is 122 Å². The van der Waals surface area contributed by atoms with Gasteiger partial charge in [-0.2, -0.15) is 0 Å². The fourth-order valence-electron chi connectivity index (χ4n) is 1.74. The van der Waals surface area contributed by atoms with E-state index in [1.54, 1.807) is 30.6 Å². The second-order valence-corrected chi connectivity index (χ2v) is 5.52. The van der Waals surface area contributed by atoms with Gasteiger partial charge in [0.25, 0.3) is 0 Å². The van der Waals surface area contributed by atoms with Crippen molar-refractivity contribution in [3.05, 3.63) is 54.2 Å². The van der Waals surface area contributed by atoms with Crippen molar-refractivity contribution in [3.63, 3.8) is 0 Å². The number of hydrogen-bond donors (Lipinski definition) is 1. The molecular weight excluding hydrogens is 296 g/mol. The molecule has 0 amide bonds. The maximum Gasteiger partial charge on any atom is 0.151 e. The zero-order chi connectivity index (χ0) is 13.9. The van der Waals surface area contributed by atoms with Crippen LogP contribution in [-0.2, 0) is 11.0 Å². The van der Waals surface area contributed by atoms with Gasteiger partial charge in [0, 0.05) is 17.8 Å². The van der Waals surface area contributed by atoms with Gasteiger partial charge in [-0.25, -0.2) is 19.2 Å². The number of anilines is 1. The normalized spacial score (nSPS) is 12.2. The first-order valence-corrected chi connectivity index (χ1v) is 7.25. The molecule has 0 spiro atoms. The highest BCUT2D eigenvalue weighted by Gasteiger charge is 2.07. The van der Waals surface area contributed by atoms with Crippen LogP contribution in [0.3, 0.4) is 0 Å². The van der Waals surface area contributed by atoms with Gasteiger partial charge in [-0.15, -0.1) is 0 Å². The number of rotatable bonds is 3. The van der Waals surface area contributed by atoms with Gasteiger partial charge in [-0.1, -0.05) is 17.7 Å². The Hall–Kier alpha value is -2.05. The molecule has 2 heterocycles. The van der Waals surface area contributed by atoms with E-state index in [9.17, 15) is 4.21 Å². The van der Waals surface area contributed by atoms with Gasteiger partial charge in [0.15, 0.2) is 11.0 Å². The molecule has 1 N–H and O–H groups in total. The third-order valence-electron chi connectivity index (χ3n) is 2.68. The fraction of sp³-hybridized carbons (Fsp3) is 0. The number of hydrogen-bond acceptors (Lipinski definition) is 4. The van der Waals surface area contributed by atoms with Crippen molar-refractivity contribution in [2.75, 3.05) is 4.72 Å². The Balaban J connectivity index is 1.92. The Kier molecular flexibility index (Phi) is 3.58. The molecule has 0 aliphatic rings. The number of halogens is 1. The first-order chi connectivity index (χ1) is 9.74. The number of nitrogens with one attached hydrogen (secondary N) is 1. The molecule has 1 unspecified atom stereocenters. The Morgan fingerprint density at radius 1 is 1.10 bits per heavy atom. The minimum Gasteiger partial charge on any atom is -0.285 e. The summed E-state index contributed by atoms with van der Waals surface area (Å²) in [7, 11) is -1.40. The predicted octanol–water partition coefficient (Wildman–Crippen LogP) is 2.81. The molecule has 3 aromatic rings. The van der Waals surface area contributed by atoms with Crippen LogP contribution < -0.4 is 4.72 Å². The summed E-state index contributed by atoms with van der Waals surface area (Å²) in [6, 6.07) is 8.85. The molecule has 0 bridgehead atoms. The van der Waals surface area contributed by atoms with E-state index in [1.807, 2.05) is 12.1 Å². The van der Waals surface area contributed by atoms with Crippen LogP contribution in [0.25, 0.3) is 10.8 Å². The van der Waals surface area contributed by atoms with E-state index >= 15 is 0 Å². The zero-order valence-corrected chi connectivity index (χ0v) is 11.7. The summed E-state index contributed by atoms with van der Waals surface area (Å²) in [6.45, 7) is 0. The summed E-state index contributed by atoms with van der Waals surface area (Å²) >= 11 is 6.00. The summed E-state index contributed by atoms with van der Waals surface area (Å²) in [5.41, 5.74) is 0. The van der Waals surface area contributed by atoms with Gasteiger partial charge in [0.2, 0.25) is 0 Å². The minimum atomic E-state index is -1.40. The lowest BCUT2D eigenvalue weighted by atomic mass is 10.2. The summed E-state index contributed by atoms with van der Waals surface area (Å²) in [5, 5.41) is 2.15. The summed E-state index contributed by atoms with van der Waals surface area (Å²) in [6.07, 6.45) is 4.60. The van der Waals surface area contributed by atoms with Gasteiger partial charge in [-0.05, 0) is 29.7 Å². The van der Waals surface area contributed by atoms with E-state index < -0.39 is 11.0 Å². The summed E-state index contributed by atoms with van der Waals surface area (Å²) in [4.78, 5) is 12.4. The molecule has 0 fully saturated rings. The van der Waals surface area contributed by atoms with Crippen LogP contribution in [0.4, 0.5) is 5.82 Å². The fourth-order valence-corrected chi connectivity index (χ4v) is 2.82. The van der Waals surface area contributed by atoms with Crippen molar-refractivity contribution in [1.82, 2.24) is 15.0 Å². The van der Waals surface area contributed by atoms with Crippen LogP contribution in [0.5, 0.6) is 0 Å². The molecule has 0 aliphatic carbocycles. The first kappa shape index (κ1) is 13.0. The highest BCUT2D eigenvalue weighted by molar-refractivity contribution is 7.86. The molecule has 3 rings (SSSR count). The lowest BCUT2D eigenvalue weighted by molar-refractivity contribution is 0.686. The standard InChI is InChI=1S/C13H9ClN4OS/c14-13-11-2-1-10(7-9(11)3-6-16-13)20(19)18-12-4-5-15-8-17-12/h1-8H,(H,15,17,18). The average Bonchev–Trinajstić information content (AvgIpc) is 2.48. The molecule has 7 heteroatoms. The van der Waals surface area contributed by atoms with Crippen molar-refractivity contribution < 1.29 is 4.21 Å². The van der Waals surface area contributed by atoms with Crippen LogP contribution in [0, 0.1) is 0 Å². The average molecular weight is 305 g/mol. The Morgan fingerprint density at radius 3 is 2.80 bits per heavy atom. The van der Waals surface area contributed by atoms with Gasteiger partial charge < -0.3 is 0 Å². The molecule has 0 aliphatic heterocycles. The molecule has 2 aromatic heterocycles. The van der Waals surface area contributed by atoms with Crippen molar-refractivity contribution >= 4 is 39.2 Å². The lowest BCUT2D eigenvalue weighted by Gasteiger charge is -2.06. The van der Waals surface area contributed by atoms with Crippen LogP contribution in [0.1, 0.15) is 0 Å². The number of benzene rings is 1. The molecular formula is C13H9ClN4OS. The molecule has 0 saturated heterocycles. The van der Waals surface area contributed by atoms with E-state index in [4.69, 9.17) is 11.6 Å². The maximum atomic E-state index is 12.2. The van der Waals surface area contributed by atoms with Crippen LogP contribution >= 0.6 is 11.6 Å². The zero-order valence-electron chi connectivity index (χ0n) is 10.2. The summed E-state index contributed by atoms with van der Waals surface area (Å²) in [5.74, 6) is 0.506. The van der Waals surface area contributed by atoms with Crippen molar-refractivity contribution in [3.8, 4) is 0 Å². The van der Waals surface area contributed by atoms with Gasteiger partial charge in [0.1, 0.15) is 17.3 Å². The number of nitrogens with zero attached hydrogens (tertiary/aromatic N) is 3. The minimum absolute atomic E-state index is 0.434. The van der Waals surface area contributed by atoms with Gasteiger partial charge in [0.05, 0.1) is 4.90 Å². The molecule has 0 saturated carbocycles. The quantitative estimate of drug-likeness (QED) is 0.756. The molecule has 1 aromatic carbocycles. The van der Waals surface area contributed by atoms with E-state index in [0.717, 1.165) is 10.8 Å². The largest absolute Gasteiger partial charge is 0.285 e. The van der Waals surface area contributed by atoms with Gasteiger partial charge in [-0.3, -0.25) is 4.72 Å². The molecule has 1 atom stereocenters. The second kappa shape index (κ2) is 5.52. The van der Waals surface area contributed by atoms with E-state index in [-0.39, 0.29) is 0 Å². The Bertz CT molecular complexity index is 782. The SMILES string of the molecule is O=S(Nc1ccncn1)c1ccc2c(Cl)nccc2c1. The molecule has 0 radical (unpaired) electrons. The third-order valence-corrected chi connectivity index (χ3v) is 4.06. The molecule has 20 heavy (non-hydrogen) atoms. The number of pyridine rings is 1. The molecule has 100 valence electrons. The second-order valence-electron chi connectivity index (χ2n) is 3.95. The monoisotopic (exact) mass is 304 g/mol. The highest BCUT2D eigenvalue weighted by Crippen LogP contribution is 2.23. The number of fused-ring (bicyclic) bond motifs is 1. The lowest BCUT2D eigenvalue weighted by Crippen LogP contribution is -2.06. The first-order valence-electron chi connectivity index (χ1n) is 5.73. The molecule has 5 nitrogen and oxygen atoms in total. The third kappa shape index (κ3) is 2.61.